The van der Waals surface area contributed by atoms with Gasteiger partial charge >= 0.3 is 0 Å². The standard InChI is InChI=1S/C24H30ClN3O2/c1-24(2,3)28(23(30)17-7-4-8-17)16-21(29)27-14-13-26-12-6-11-20(26)22(27)18-9-5-10-19(25)15-18/h5-6,9-12,15,17,22H,4,7-8,13-14,16H2,1-3H3/t22-/m1/s1. The molecule has 1 atom stereocenters. The summed E-state index contributed by atoms with van der Waals surface area (Å²) in [6.07, 6.45) is 5.02. The molecule has 2 aliphatic rings. The zero-order chi connectivity index (χ0) is 21.5. The number of aromatic nitrogens is 1. The highest BCUT2D eigenvalue weighted by Crippen LogP contribution is 2.35. The van der Waals surface area contributed by atoms with Crippen molar-refractivity contribution in [3.63, 3.8) is 0 Å². The third-order valence-corrected chi connectivity index (χ3v) is 6.58. The van der Waals surface area contributed by atoms with Gasteiger partial charge in [0.05, 0.1) is 6.04 Å². The first kappa shape index (κ1) is 21.0. The highest BCUT2D eigenvalue weighted by atomic mass is 35.5. The van der Waals surface area contributed by atoms with E-state index in [9.17, 15) is 9.59 Å². The Balaban J connectivity index is 1.63. The van der Waals surface area contributed by atoms with E-state index in [1.807, 2.05) is 56.0 Å². The van der Waals surface area contributed by atoms with Crippen LogP contribution in [0.15, 0.2) is 42.6 Å². The number of fused-ring (bicyclic) bond motifs is 1. The predicted molar refractivity (Wildman–Crippen MR) is 118 cm³/mol. The molecule has 0 radical (unpaired) electrons. The number of amides is 2. The maximum atomic E-state index is 13.6. The minimum absolute atomic E-state index is 0.0185. The van der Waals surface area contributed by atoms with Crippen molar-refractivity contribution >= 4 is 23.4 Å². The Morgan fingerprint density at radius 2 is 1.90 bits per heavy atom. The number of hydrogen-bond donors (Lipinski definition) is 0. The smallest absolute Gasteiger partial charge is 0.243 e. The van der Waals surface area contributed by atoms with Gasteiger partial charge in [0.1, 0.15) is 6.54 Å². The molecule has 0 bridgehead atoms. The third-order valence-electron chi connectivity index (χ3n) is 6.35. The number of carbonyl (C=O) groups excluding carboxylic acids is 2. The van der Waals surface area contributed by atoms with Gasteiger partial charge in [0.25, 0.3) is 0 Å². The molecule has 5 nitrogen and oxygen atoms in total. The molecule has 160 valence electrons. The molecule has 0 spiro atoms. The zero-order valence-corrected chi connectivity index (χ0v) is 18.7. The Kier molecular flexibility index (Phi) is 5.67. The first-order valence-electron chi connectivity index (χ1n) is 10.8. The molecule has 1 fully saturated rings. The fourth-order valence-corrected chi connectivity index (χ4v) is 4.63. The van der Waals surface area contributed by atoms with E-state index in [0.717, 1.165) is 37.1 Å². The van der Waals surface area contributed by atoms with E-state index in [0.29, 0.717) is 11.6 Å². The summed E-state index contributed by atoms with van der Waals surface area (Å²) in [6, 6.07) is 11.6. The second-order valence-corrected chi connectivity index (χ2v) is 9.83. The minimum atomic E-state index is -0.399. The van der Waals surface area contributed by atoms with Crippen molar-refractivity contribution in [2.75, 3.05) is 13.1 Å². The molecule has 2 aromatic rings. The normalized spacial score (nSPS) is 19.2. The first-order chi connectivity index (χ1) is 14.3. The van der Waals surface area contributed by atoms with Crippen LogP contribution in [0.4, 0.5) is 0 Å². The van der Waals surface area contributed by atoms with Gasteiger partial charge in [-0.2, -0.15) is 0 Å². The fraction of sp³-hybridized carbons (Fsp3) is 0.500. The molecule has 0 N–H and O–H groups in total. The van der Waals surface area contributed by atoms with Crippen LogP contribution in [0.2, 0.25) is 5.02 Å². The SMILES string of the molecule is CC(C)(C)N(CC(=O)N1CCn2cccc2[C@H]1c1cccc(Cl)c1)C(=O)C1CCC1. The topological polar surface area (TPSA) is 45.6 Å². The molecule has 1 aromatic heterocycles. The van der Waals surface area contributed by atoms with Crippen LogP contribution >= 0.6 is 11.6 Å². The first-order valence-corrected chi connectivity index (χ1v) is 11.1. The predicted octanol–water partition coefficient (Wildman–Crippen LogP) is 4.50. The fourth-order valence-electron chi connectivity index (χ4n) is 4.43. The van der Waals surface area contributed by atoms with E-state index in [1.165, 1.54) is 0 Å². The summed E-state index contributed by atoms with van der Waals surface area (Å²) in [5, 5.41) is 0.653. The van der Waals surface area contributed by atoms with Crippen LogP contribution in [0, 0.1) is 5.92 Å². The maximum absolute atomic E-state index is 13.6. The molecular formula is C24H30ClN3O2. The zero-order valence-electron chi connectivity index (χ0n) is 18.0. The number of hydrogen-bond acceptors (Lipinski definition) is 2. The van der Waals surface area contributed by atoms with Gasteiger partial charge in [-0.3, -0.25) is 9.59 Å². The molecule has 0 unspecified atom stereocenters. The number of nitrogens with zero attached hydrogens (tertiary/aromatic N) is 3. The van der Waals surface area contributed by atoms with Gasteiger partial charge in [-0.25, -0.2) is 0 Å². The Labute approximate surface area is 183 Å². The summed E-state index contributed by atoms with van der Waals surface area (Å²) in [7, 11) is 0. The molecule has 1 aliphatic heterocycles. The van der Waals surface area contributed by atoms with Crippen molar-refractivity contribution in [3.05, 3.63) is 58.9 Å². The number of carbonyl (C=O) groups is 2. The van der Waals surface area contributed by atoms with Crippen molar-refractivity contribution < 1.29 is 9.59 Å². The van der Waals surface area contributed by atoms with Gasteiger partial charge < -0.3 is 14.4 Å². The second kappa shape index (κ2) is 8.10. The van der Waals surface area contributed by atoms with Crippen molar-refractivity contribution in [2.45, 2.75) is 58.2 Å². The number of rotatable bonds is 4. The van der Waals surface area contributed by atoms with Crippen molar-refractivity contribution in [3.8, 4) is 0 Å². The second-order valence-electron chi connectivity index (χ2n) is 9.39. The van der Waals surface area contributed by atoms with Crippen molar-refractivity contribution in [1.29, 1.82) is 0 Å². The number of benzene rings is 1. The van der Waals surface area contributed by atoms with Crippen LogP contribution in [0.1, 0.15) is 57.3 Å². The number of halogens is 1. The van der Waals surface area contributed by atoms with Crippen LogP contribution in [0.3, 0.4) is 0 Å². The minimum Gasteiger partial charge on any atom is -0.348 e. The van der Waals surface area contributed by atoms with Gasteiger partial charge in [0, 0.05) is 41.5 Å². The third kappa shape index (κ3) is 4.00. The Morgan fingerprint density at radius 3 is 2.53 bits per heavy atom. The Hall–Kier alpha value is -2.27. The molecule has 1 aromatic carbocycles. The van der Waals surface area contributed by atoms with Crippen molar-refractivity contribution in [2.24, 2.45) is 5.92 Å². The van der Waals surface area contributed by atoms with E-state index < -0.39 is 5.54 Å². The average Bonchev–Trinajstić information content (AvgIpc) is 3.11. The summed E-state index contributed by atoms with van der Waals surface area (Å²) >= 11 is 6.27. The maximum Gasteiger partial charge on any atom is 0.243 e. The molecule has 2 amide bonds. The summed E-state index contributed by atoms with van der Waals surface area (Å²) in [5.41, 5.74) is 1.66. The lowest BCUT2D eigenvalue weighted by molar-refractivity contribution is -0.150. The summed E-state index contributed by atoms with van der Waals surface area (Å²) in [4.78, 5) is 30.3. The molecule has 2 heterocycles. The average molecular weight is 428 g/mol. The van der Waals surface area contributed by atoms with Gasteiger partial charge in [-0.05, 0) is 63.4 Å². The van der Waals surface area contributed by atoms with Gasteiger partial charge in [0.15, 0.2) is 0 Å². The molecule has 1 saturated carbocycles. The molecule has 30 heavy (non-hydrogen) atoms. The molecule has 4 rings (SSSR count). The van der Waals surface area contributed by atoms with Crippen LogP contribution in [0.5, 0.6) is 0 Å². The van der Waals surface area contributed by atoms with Crippen LogP contribution < -0.4 is 0 Å². The lowest BCUT2D eigenvalue weighted by Gasteiger charge is -2.43. The highest BCUT2D eigenvalue weighted by molar-refractivity contribution is 6.30. The largest absolute Gasteiger partial charge is 0.348 e. The van der Waals surface area contributed by atoms with E-state index in [2.05, 4.69) is 16.8 Å². The Bertz CT molecular complexity index is 942. The lowest BCUT2D eigenvalue weighted by atomic mass is 9.83. The van der Waals surface area contributed by atoms with Gasteiger partial charge in [-0.1, -0.05) is 30.2 Å². The summed E-state index contributed by atoms with van der Waals surface area (Å²) in [6.45, 7) is 7.48. The van der Waals surface area contributed by atoms with E-state index in [4.69, 9.17) is 11.6 Å². The summed E-state index contributed by atoms with van der Waals surface area (Å²) in [5.74, 6) is 0.163. The van der Waals surface area contributed by atoms with Gasteiger partial charge in [0.2, 0.25) is 11.8 Å². The highest BCUT2D eigenvalue weighted by Gasteiger charge is 2.39. The Morgan fingerprint density at radius 1 is 1.13 bits per heavy atom. The molecular weight excluding hydrogens is 398 g/mol. The monoisotopic (exact) mass is 427 g/mol. The van der Waals surface area contributed by atoms with Crippen molar-refractivity contribution in [1.82, 2.24) is 14.4 Å². The summed E-state index contributed by atoms with van der Waals surface area (Å²) < 4.78 is 2.19. The molecule has 0 saturated heterocycles. The van der Waals surface area contributed by atoms with E-state index >= 15 is 0 Å². The lowest BCUT2D eigenvalue weighted by Crippen LogP contribution is -2.55. The molecule has 1 aliphatic carbocycles. The van der Waals surface area contributed by atoms with Crippen LogP contribution in [-0.2, 0) is 16.1 Å². The van der Waals surface area contributed by atoms with E-state index in [1.54, 1.807) is 4.90 Å². The van der Waals surface area contributed by atoms with Crippen LogP contribution in [-0.4, -0.2) is 44.8 Å². The quantitative estimate of drug-likeness (QED) is 0.721. The van der Waals surface area contributed by atoms with Gasteiger partial charge in [-0.15, -0.1) is 0 Å². The van der Waals surface area contributed by atoms with E-state index in [-0.39, 0.29) is 30.3 Å². The molecule has 6 heteroatoms. The van der Waals surface area contributed by atoms with Crippen LogP contribution in [0.25, 0.3) is 0 Å².